The number of aliphatic carboxylic acids is 1. The van der Waals surface area contributed by atoms with E-state index >= 15 is 0 Å². The maximum absolute atomic E-state index is 11.7. The van der Waals surface area contributed by atoms with Gasteiger partial charge in [-0.3, -0.25) is 9.59 Å². The van der Waals surface area contributed by atoms with Gasteiger partial charge < -0.3 is 20.5 Å². The van der Waals surface area contributed by atoms with Gasteiger partial charge in [0, 0.05) is 20.0 Å². The molecule has 1 aliphatic heterocycles. The van der Waals surface area contributed by atoms with E-state index in [1.807, 2.05) is 6.92 Å². The zero-order valence-electron chi connectivity index (χ0n) is 12.1. The van der Waals surface area contributed by atoms with E-state index in [9.17, 15) is 4.79 Å². The Hall–Kier alpha value is -1.90. The van der Waals surface area contributed by atoms with Gasteiger partial charge in [0.2, 0.25) is 10.3 Å². The molecule has 3 N–H and O–H groups in total. The summed E-state index contributed by atoms with van der Waals surface area (Å²) in [5.41, 5.74) is 5.55. The summed E-state index contributed by atoms with van der Waals surface area (Å²) in [5, 5.41) is 16.4. The van der Waals surface area contributed by atoms with Crippen molar-refractivity contribution in [2.75, 3.05) is 30.3 Å². The second-order valence-corrected chi connectivity index (χ2v) is 5.47. The molecule has 0 amide bonds. The fourth-order valence-corrected chi connectivity index (χ4v) is 2.60. The maximum Gasteiger partial charge on any atom is 0.310 e. The van der Waals surface area contributed by atoms with Crippen molar-refractivity contribution in [2.45, 2.75) is 26.7 Å². The van der Waals surface area contributed by atoms with Crippen LogP contribution in [0.25, 0.3) is 0 Å². The highest BCUT2D eigenvalue weighted by Gasteiger charge is 2.28. The second kappa shape index (κ2) is 8.40. The molecule has 0 bridgehead atoms. The molecule has 8 nitrogen and oxygen atoms in total. The molecule has 0 aliphatic carbocycles. The number of hydrogen-bond donors (Lipinski definition) is 2. The lowest BCUT2D eigenvalue weighted by atomic mass is 9.99. The van der Waals surface area contributed by atoms with Crippen molar-refractivity contribution < 1.29 is 19.4 Å². The number of anilines is 2. The predicted molar refractivity (Wildman–Crippen MR) is 79.2 cm³/mol. The van der Waals surface area contributed by atoms with Crippen molar-refractivity contribution in [1.29, 1.82) is 0 Å². The Morgan fingerprint density at radius 3 is 2.71 bits per heavy atom. The summed E-state index contributed by atoms with van der Waals surface area (Å²) in [6.45, 7) is 4.88. The number of nitrogens with zero attached hydrogens (tertiary/aromatic N) is 3. The lowest BCUT2D eigenvalue weighted by Gasteiger charge is -2.30. The van der Waals surface area contributed by atoms with E-state index in [2.05, 4.69) is 15.1 Å². The molecule has 21 heavy (non-hydrogen) atoms. The highest BCUT2D eigenvalue weighted by atomic mass is 32.1. The maximum atomic E-state index is 11.7. The summed E-state index contributed by atoms with van der Waals surface area (Å²) in [4.78, 5) is 22.7. The molecule has 1 aromatic heterocycles. The monoisotopic (exact) mass is 316 g/mol. The van der Waals surface area contributed by atoms with Crippen LogP contribution in [-0.2, 0) is 14.3 Å². The van der Waals surface area contributed by atoms with Gasteiger partial charge in [-0.2, -0.15) is 0 Å². The van der Waals surface area contributed by atoms with Gasteiger partial charge in [-0.1, -0.05) is 11.3 Å². The van der Waals surface area contributed by atoms with Crippen molar-refractivity contribution in [3.63, 3.8) is 0 Å². The van der Waals surface area contributed by atoms with Crippen LogP contribution in [0.1, 0.15) is 26.7 Å². The number of carbonyl (C=O) groups excluding carboxylic acids is 1. The highest BCUT2D eigenvalue weighted by molar-refractivity contribution is 7.18. The molecule has 0 radical (unpaired) electrons. The first-order valence-corrected chi connectivity index (χ1v) is 7.45. The molecule has 1 saturated heterocycles. The molecule has 1 aliphatic rings. The summed E-state index contributed by atoms with van der Waals surface area (Å²) in [7, 11) is 0. The van der Waals surface area contributed by atoms with Crippen LogP contribution in [0.4, 0.5) is 10.3 Å². The van der Waals surface area contributed by atoms with Crippen LogP contribution in [0.5, 0.6) is 0 Å². The first-order valence-electron chi connectivity index (χ1n) is 6.64. The number of carboxylic acids is 1. The minimum atomic E-state index is -0.833. The first kappa shape index (κ1) is 17.2. The SMILES string of the molecule is CC(=O)O.CCOC(=O)C1CCCN(c2nnc(N)s2)C1. The van der Waals surface area contributed by atoms with Crippen molar-refractivity contribution in [1.82, 2.24) is 10.2 Å². The quantitative estimate of drug-likeness (QED) is 0.792. The number of carboxylic acid groups (broad SMARTS) is 1. The third kappa shape index (κ3) is 5.94. The summed E-state index contributed by atoms with van der Waals surface area (Å²) < 4.78 is 5.05. The summed E-state index contributed by atoms with van der Waals surface area (Å²) in [6.07, 6.45) is 1.84. The van der Waals surface area contributed by atoms with Gasteiger partial charge in [0.25, 0.3) is 5.97 Å². The summed E-state index contributed by atoms with van der Waals surface area (Å²) in [5.74, 6) is -1.01. The number of nitrogen functional groups attached to an aromatic ring is 1. The lowest BCUT2D eigenvalue weighted by Crippen LogP contribution is -2.39. The fraction of sp³-hybridized carbons (Fsp3) is 0.667. The van der Waals surface area contributed by atoms with E-state index in [1.165, 1.54) is 11.3 Å². The van der Waals surface area contributed by atoms with Crippen molar-refractivity contribution >= 4 is 33.5 Å². The smallest absolute Gasteiger partial charge is 0.310 e. The van der Waals surface area contributed by atoms with Gasteiger partial charge in [0.15, 0.2) is 0 Å². The number of piperidine rings is 1. The number of rotatable bonds is 3. The average molecular weight is 316 g/mol. The number of esters is 1. The van der Waals surface area contributed by atoms with Gasteiger partial charge in [0.05, 0.1) is 12.5 Å². The minimum Gasteiger partial charge on any atom is -0.481 e. The predicted octanol–water partition coefficient (Wildman–Crippen LogP) is 0.991. The lowest BCUT2D eigenvalue weighted by molar-refractivity contribution is -0.148. The van der Waals surface area contributed by atoms with Gasteiger partial charge in [0.1, 0.15) is 0 Å². The van der Waals surface area contributed by atoms with E-state index in [1.54, 1.807) is 0 Å². The Kier molecular flexibility index (Phi) is 6.86. The van der Waals surface area contributed by atoms with Crippen molar-refractivity contribution in [2.24, 2.45) is 5.92 Å². The number of carbonyl (C=O) groups is 2. The van der Waals surface area contributed by atoms with Crippen LogP contribution in [0, 0.1) is 5.92 Å². The molecule has 1 unspecified atom stereocenters. The molecule has 0 aromatic carbocycles. The summed E-state index contributed by atoms with van der Waals surface area (Å²) >= 11 is 1.35. The third-order valence-corrected chi connectivity index (χ3v) is 3.56. The molecule has 0 saturated carbocycles. The van der Waals surface area contributed by atoms with Crippen LogP contribution >= 0.6 is 11.3 Å². The van der Waals surface area contributed by atoms with Crippen LogP contribution < -0.4 is 10.6 Å². The third-order valence-electron chi connectivity index (χ3n) is 2.74. The molecular weight excluding hydrogens is 296 g/mol. The standard InChI is InChI=1S/C10H16N4O2S.C2H4O2/c1-2-16-8(15)7-4-3-5-14(6-7)10-13-12-9(11)17-10;1-2(3)4/h7H,2-6H2,1H3,(H2,11,12);1H3,(H,3,4). The second-order valence-electron chi connectivity index (χ2n) is 4.48. The van der Waals surface area contributed by atoms with Gasteiger partial charge in [-0.15, -0.1) is 10.2 Å². The molecule has 1 atom stereocenters. The molecule has 2 rings (SSSR count). The molecule has 1 aromatic rings. The van der Waals surface area contributed by atoms with Gasteiger partial charge >= 0.3 is 5.97 Å². The molecular formula is C12H20N4O4S. The van der Waals surface area contributed by atoms with E-state index in [0.29, 0.717) is 18.3 Å². The first-order chi connectivity index (χ1) is 9.93. The van der Waals surface area contributed by atoms with Crippen LogP contribution in [-0.4, -0.2) is 46.9 Å². The summed E-state index contributed by atoms with van der Waals surface area (Å²) in [6, 6.07) is 0. The normalized spacial score (nSPS) is 17.6. The number of aromatic nitrogens is 2. The molecule has 2 heterocycles. The van der Waals surface area contributed by atoms with Crippen LogP contribution in [0.3, 0.4) is 0 Å². The molecule has 9 heteroatoms. The van der Waals surface area contributed by atoms with E-state index in [0.717, 1.165) is 31.4 Å². The molecule has 118 valence electrons. The average Bonchev–Trinajstić information content (AvgIpc) is 2.85. The van der Waals surface area contributed by atoms with Crippen LogP contribution in [0.15, 0.2) is 0 Å². The zero-order valence-corrected chi connectivity index (χ0v) is 12.9. The van der Waals surface area contributed by atoms with E-state index < -0.39 is 5.97 Å². The fourth-order valence-electron chi connectivity index (χ4n) is 1.96. The van der Waals surface area contributed by atoms with Crippen molar-refractivity contribution in [3.05, 3.63) is 0 Å². The van der Waals surface area contributed by atoms with Crippen molar-refractivity contribution in [3.8, 4) is 0 Å². The molecule has 0 spiro atoms. The number of hydrogen-bond acceptors (Lipinski definition) is 8. The Morgan fingerprint density at radius 1 is 1.52 bits per heavy atom. The Balaban J connectivity index is 0.000000491. The van der Waals surface area contributed by atoms with E-state index in [4.69, 9.17) is 20.4 Å². The van der Waals surface area contributed by atoms with Crippen LogP contribution in [0.2, 0.25) is 0 Å². The Bertz CT molecular complexity index is 476. The highest BCUT2D eigenvalue weighted by Crippen LogP contribution is 2.27. The Morgan fingerprint density at radius 2 is 2.19 bits per heavy atom. The van der Waals surface area contributed by atoms with Gasteiger partial charge in [-0.05, 0) is 19.8 Å². The minimum absolute atomic E-state index is 0.0613. The largest absolute Gasteiger partial charge is 0.481 e. The van der Waals surface area contributed by atoms with E-state index in [-0.39, 0.29) is 11.9 Å². The topological polar surface area (TPSA) is 119 Å². The number of ether oxygens (including phenoxy) is 1. The zero-order chi connectivity index (χ0) is 15.8. The van der Waals surface area contributed by atoms with Gasteiger partial charge in [-0.25, -0.2) is 0 Å². The number of nitrogens with two attached hydrogens (primary N) is 1. The Labute approximate surface area is 126 Å². The molecule has 1 fully saturated rings.